The van der Waals surface area contributed by atoms with Gasteiger partial charge in [-0.3, -0.25) is 9.36 Å². The number of benzene rings is 1. The first-order valence-corrected chi connectivity index (χ1v) is 12.9. The Balaban J connectivity index is 1.25. The van der Waals surface area contributed by atoms with Gasteiger partial charge < -0.3 is 29.9 Å². The molecule has 0 radical (unpaired) electrons. The fraction of sp³-hybridized carbons (Fsp3) is 0.423. The fourth-order valence-corrected chi connectivity index (χ4v) is 4.59. The van der Waals surface area contributed by atoms with Crippen LogP contribution in [0.25, 0.3) is 5.95 Å². The van der Waals surface area contributed by atoms with Crippen molar-refractivity contribution in [3.05, 3.63) is 54.7 Å². The molecule has 1 saturated heterocycles. The number of nitrogens with zero attached hydrogens (tertiary/aromatic N) is 6. The molecule has 12 nitrogen and oxygen atoms in total. The van der Waals surface area contributed by atoms with Crippen molar-refractivity contribution in [1.82, 2.24) is 35.1 Å². The van der Waals surface area contributed by atoms with Crippen LogP contribution >= 0.6 is 0 Å². The van der Waals surface area contributed by atoms with Gasteiger partial charge >= 0.3 is 6.03 Å². The quantitative estimate of drug-likeness (QED) is 0.437. The third-order valence-corrected chi connectivity index (χ3v) is 6.55. The minimum Gasteiger partial charge on any atom is -0.454 e. The minimum absolute atomic E-state index is 0.0829. The Bertz CT molecular complexity index is 1250. The van der Waals surface area contributed by atoms with Crippen molar-refractivity contribution in [1.29, 1.82) is 0 Å². The van der Waals surface area contributed by atoms with Gasteiger partial charge in [-0.05, 0) is 36.6 Å². The number of hydrogen-bond donors (Lipinski definition) is 2. The highest BCUT2D eigenvalue weighted by molar-refractivity contribution is 5.78. The summed E-state index contributed by atoms with van der Waals surface area (Å²) in [5.41, 5.74) is 1.06. The summed E-state index contributed by atoms with van der Waals surface area (Å²) in [5.74, 6) is 2.59. The van der Waals surface area contributed by atoms with Gasteiger partial charge in [-0.25, -0.2) is 14.8 Å². The highest BCUT2D eigenvalue weighted by Gasteiger charge is 2.32. The van der Waals surface area contributed by atoms with Crippen molar-refractivity contribution >= 4 is 17.8 Å². The Morgan fingerprint density at radius 3 is 2.82 bits per heavy atom. The standard InChI is InChI=1S/C26H32N8O4/c1-2-7-30-26(36)32-12-13-34(23-6-9-29-25(31-23)33-11-10-27-17-33)20(16-32)15-24(35)28-8-5-19-3-4-21-22(14-19)38-18-37-21/h3-4,6,9-11,14,17,20H,2,5,7-8,12-13,15-16,18H2,1H3,(H,28,35)(H,30,36). The van der Waals surface area contributed by atoms with Crippen molar-refractivity contribution in [2.75, 3.05) is 44.4 Å². The number of nitrogens with one attached hydrogen (secondary N) is 2. The molecule has 0 aliphatic carbocycles. The smallest absolute Gasteiger partial charge is 0.317 e. The summed E-state index contributed by atoms with van der Waals surface area (Å²) in [6, 6.07) is 7.28. The molecular formula is C26H32N8O4. The molecule has 2 N–H and O–H groups in total. The van der Waals surface area contributed by atoms with E-state index in [1.54, 1.807) is 34.4 Å². The maximum absolute atomic E-state index is 13.0. The van der Waals surface area contributed by atoms with Crippen molar-refractivity contribution in [2.45, 2.75) is 32.2 Å². The molecule has 2 aliphatic rings. The maximum Gasteiger partial charge on any atom is 0.317 e. The molecule has 3 aromatic rings. The second-order valence-electron chi connectivity index (χ2n) is 9.20. The van der Waals surface area contributed by atoms with Crippen LogP contribution in [0.1, 0.15) is 25.3 Å². The molecule has 2 aliphatic heterocycles. The third-order valence-electron chi connectivity index (χ3n) is 6.55. The molecule has 3 amide bonds. The molecule has 0 saturated carbocycles. The number of fused-ring (bicyclic) bond motifs is 1. The summed E-state index contributed by atoms with van der Waals surface area (Å²) in [4.78, 5) is 42.7. The lowest BCUT2D eigenvalue weighted by Gasteiger charge is -2.41. The molecular weight excluding hydrogens is 488 g/mol. The van der Waals surface area contributed by atoms with Gasteiger partial charge in [-0.15, -0.1) is 0 Å². The second-order valence-corrected chi connectivity index (χ2v) is 9.20. The molecule has 200 valence electrons. The lowest BCUT2D eigenvalue weighted by Crippen LogP contribution is -2.58. The first-order valence-electron chi connectivity index (χ1n) is 12.9. The number of hydrogen-bond acceptors (Lipinski definition) is 8. The van der Waals surface area contributed by atoms with E-state index in [9.17, 15) is 9.59 Å². The van der Waals surface area contributed by atoms with Crippen molar-refractivity contribution in [2.24, 2.45) is 0 Å². The molecule has 1 aromatic carbocycles. The highest BCUT2D eigenvalue weighted by Crippen LogP contribution is 2.32. The number of amides is 3. The maximum atomic E-state index is 13.0. The van der Waals surface area contributed by atoms with Crippen LogP contribution in [0.3, 0.4) is 0 Å². The van der Waals surface area contributed by atoms with Crippen LogP contribution in [0.15, 0.2) is 49.2 Å². The van der Waals surface area contributed by atoms with Gasteiger partial charge in [0.05, 0.1) is 6.04 Å². The molecule has 2 aromatic heterocycles. The molecule has 1 atom stereocenters. The molecule has 5 rings (SSSR count). The van der Waals surface area contributed by atoms with Crippen molar-refractivity contribution in [3.8, 4) is 17.4 Å². The Kier molecular flexibility index (Phi) is 7.86. The van der Waals surface area contributed by atoms with Gasteiger partial charge in [0.25, 0.3) is 0 Å². The second kappa shape index (κ2) is 11.8. The fourth-order valence-electron chi connectivity index (χ4n) is 4.59. The zero-order valence-electron chi connectivity index (χ0n) is 21.4. The molecule has 4 heterocycles. The zero-order chi connectivity index (χ0) is 26.3. The molecule has 12 heteroatoms. The number of carbonyl (C=O) groups is 2. The summed E-state index contributed by atoms with van der Waals surface area (Å²) in [6.07, 6.45) is 8.53. The molecule has 0 spiro atoms. The van der Waals surface area contributed by atoms with E-state index in [2.05, 4.69) is 25.5 Å². The lowest BCUT2D eigenvalue weighted by atomic mass is 10.1. The minimum atomic E-state index is -0.243. The number of carbonyl (C=O) groups excluding carboxylic acids is 2. The van der Waals surface area contributed by atoms with E-state index >= 15 is 0 Å². The number of anilines is 1. The number of aromatic nitrogens is 4. The van der Waals surface area contributed by atoms with Crippen LogP contribution in [0.5, 0.6) is 11.5 Å². The SMILES string of the molecule is CCCNC(=O)N1CCN(c2ccnc(-n3ccnc3)n2)C(CC(=O)NCCc2ccc3c(c2)OCO3)C1. The van der Waals surface area contributed by atoms with Crippen LogP contribution in [0.2, 0.25) is 0 Å². The summed E-state index contributed by atoms with van der Waals surface area (Å²) in [5, 5.41) is 5.97. The molecule has 1 fully saturated rings. The van der Waals surface area contributed by atoms with E-state index in [0.717, 1.165) is 23.5 Å². The van der Waals surface area contributed by atoms with E-state index in [0.29, 0.717) is 50.9 Å². The highest BCUT2D eigenvalue weighted by atomic mass is 16.7. The number of rotatable bonds is 9. The zero-order valence-corrected chi connectivity index (χ0v) is 21.4. The van der Waals surface area contributed by atoms with Crippen molar-refractivity contribution < 1.29 is 19.1 Å². The third kappa shape index (κ3) is 5.96. The molecule has 0 bridgehead atoms. The van der Waals surface area contributed by atoms with Gasteiger partial charge in [0, 0.05) is 57.7 Å². The average molecular weight is 521 g/mol. The summed E-state index contributed by atoms with van der Waals surface area (Å²) >= 11 is 0. The van der Waals surface area contributed by atoms with E-state index in [4.69, 9.17) is 14.5 Å². The van der Waals surface area contributed by atoms with E-state index < -0.39 is 0 Å². The van der Waals surface area contributed by atoms with Crippen LogP contribution < -0.4 is 25.0 Å². The number of ether oxygens (including phenoxy) is 2. The van der Waals surface area contributed by atoms with E-state index in [1.165, 1.54) is 0 Å². The van der Waals surface area contributed by atoms with E-state index in [-0.39, 0.29) is 31.2 Å². The topological polar surface area (TPSA) is 127 Å². The first-order chi connectivity index (χ1) is 18.6. The predicted octanol–water partition coefficient (Wildman–Crippen LogP) is 1.75. The normalized spacial score (nSPS) is 16.4. The summed E-state index contributed by atoms with van der Waals surface area (Å²) in [6.45, 7) is 4.85. The monoisotopic (exact) mass is 520 g/mol. The Hall–Kier alpha value is -4.35. The summed E-state index contributed by atoms with van der Waals surface area (Å²) in [7, 11) is 0. The van der Waals surface area contributed by atoms with Crippen LogP contribution in [-0.4, -0.2) is 81.9 Å². The largest absolute Gasteiger partial charge is 0.454 e. The average Bonchev–Trinajstić information content (AvgIpc) is 3.64. The van der Waals surface area contributed by atoms with Gasteiger partial charge in [-0.1, -0.05) is 13.0 Å². The number of piperazine rings is 1. The van der Waals surface area contributed by atoms with E-state index in [1.807, 2.05) is 31.2 Å². The van der Waals surface area contributed by atoms with Crippen LogP contribution in [-0.2, 0) is 11.2 Å². The number of imidazole rings is 1. The molecule has 1 unspecified atom stereocenters. The molecule has 38 heavy (non-hydrogen) atoms. The van der Waals surface area contributed by atoms with Gasteiger partial charge in [0.2, 0.25) is 18.6 Å². The Morgan fingerprint density at radius 1 is 1.08 bits per heavy atom. The van der Waals surface area contributed by atoms with Gasteiger partial charge in [-0.2, -0.15) is 4.98 Å². The van der Waals surface area contributed by atoms with Crippen LogP contribution in [0.4, 0.5) is 10.6 Å². The summed E-state index contributed by atoms with van der Waals surface area (Å²) < 4.78 is 12.5. The first kappa shape index (κ1) is 25.3. The predicted molar refractivity (Wildman–Crippen MR) is 139 cm³/mol. The lowest BCUT2D eigenvalue weighted by molar-refractivity contribution is -0.121. The van der Waals surface area contributed by atoms with Gasteiger partial charge in [0.15, 0.2) is 11.5 Å². The van der Waals surface area contributed by atoms with Crippen molar-refractivity contribution in [3.63, 3.8) is 0 Å². The van der Waals surface area contributed by atoms with Gasteiger partial charge in [0.1, 0.15) is 12.1 Å². The number of urea groups is 1. The van der Waals surface area contributed by atoms with Crippen LogP contribution in [0, 0.1) is 0 Å². The Morgan fingerprint density at radius 2 is 1.97 bits per heavy atom. The Labute approximate surface area is 221 Å².